The van der Waals surface area contributed by atoms with Gasteiger partial charge < -0.3 is 4.74 Å². The highest BCUT2D eigenvalue weighted by Gasteiger charge is 2.12. The SMILES string of the molecule is COCCN(Cc1ccc(C(=O)NN)cc1Br)CC(C)C. The van der Waals surface area contributed by atoms with E-state index in [4.69, 9.17) is 10.6 Å². The lowest BCUT2D eigenvalue weighted by Crippen LogP contribution is -2.31. The van der Waals surface area contributed by atoms with Gasteiger partial charge in [0, 0.05) is 36.8 Å². The number of nitrogens with two attached hydrogens (primary N) is 1. The van der Waals surface area contributed by atoms with Crippen LogP contribution in [0, 0.1) is 5.92 Å². The van der Waals surface area contributed by atoms with Crippen molar-refractivity contribution in [1.29, 1.82) is 0 Å². The van der Waals surface area contributed by atoms with Gasteiger partial charge in [-0.25, -0.2) is 5.84 Å². The number of hydrogen-bond donors (Lipinski definition) is 2. The summed E-state index contributed by atoms with van der Waals surface area (Å²) in [5.41, 5.74) is 3.82. The summed E-state index contributed by atoms with van der Waals surface area (Å²) in [5, 5.41) is 0. The molecular weight excluding hydrogens is 334 g/mol. The zero-order chi connectivity index (χ0) is 15.8. The van der Waals surface area contributed by atoms with Gasteiger partial charge in [-0.15, -0.1) is 0 Å². The minimum Gasteiger partial charge on any atom is -0.383 e. The van der Waals surface area contributed by atoms with E-state index < -0.39 is 0 Å². The third-order valence-corrected chi connectivity index (χ3v) is 3.81. The minimum atomic E-state index is -0.291. The Morgan fingerprint density at radius 3 is 2.71 bits per heavy atom. The number of benzene rings is 1. The van der Waals surface area contributed by atoms with E-state index in [1.165, 1.54) is 0 Å². The van der Waals surface area contributed by atoms with Gasteiger partial charge in [-0.2, -0.15) is 0 Å². The van der Waals surface area contributed by atoms with E-state index in [1.54, 1.807) is 19.2 Å². The van der Waals surface area contributed by atoms with Gasteiger partial charge in [-0.05, 0) is 23.6 Å². The number of rotatable bonds is 8. The van der Waals surface area contributed by atoms with Crippen LogP contribution in [0.2, 0.25) is 0 Å². The van der Waals surface area contributed by atoms with Gasteiger partial charge in [0.15, 0.2) is 0 Å². The molecule has 1 aromatic carbocycles. The molecule has 5 nitrogen and oxygen atoms in total. The van der Waals surface area contributed by atoms with Crippen LogP contribution in [0.15, 0.2) is 22.7 Å². The molecule has 0 saturated carbocycles. The van der Waals surface area contributed by atoms with Gasteiger partial charge in [0.2, 0.25) is 0 Å². The molecule has 1 rings (SSSR count). The molecule has 0 unspecified atom stereocenters. The first-order chi connectivity index (χ1) is 9.97. The van der Waals surface area contributed by atoms with Crippen LogP contribution in [0.5, 0.6) is 0 Å². The van der Waals surface area contributed by atoms with Gasteiger partial charge >= 0.3 is 0 Å². The van der Waals surface area contributed by atoms with Crippen molar-refractivity contribution in [1.82, 2.24) is 10.3 Å². The van der Waals surface area contributed by atoms with E-state index in [9.17, 15) is 4.79 Å². The molecule has 0 saturated heterocycles. The van der Waals surface area contributed by atoms with E-state index in [1.807, 2.05) is 6.07 Å². The number of carbonyl (C=O) groups is 1. The van der Waals surface area contributed by atoms with Gasteiger partial charge in [0.25, 0.3) is 5.91 Å². The molecule has 0 spiro atoms. The van der Waals surface area contributed by atoms with Crippen LogP contribution in [0.1, 0.15) is 29.8 Å². The number of nitrogen functional groups attached to an aromatic ring is 1. The normalized spacial score (nSPS) is 11.2. The molecule has 118 valence electrons. The first kappa shape index (κ1) is 18.1. The van der Waals surface area contributed by atoms with Crippen molar-refractivity contribution in [3.8, 4) is 0 Å². The van der Waals surface area contributed by atoms with Gasteiger partial charge in [-0.1, -0.05) is 35.8 Å². The molecule has 1 amide bonds. The molecule has 0 aromatic heterocycles. The predicted molar refractivity (Wildman–Crippen MR) is 87.8 cm³/mol. The lowest BCUT2D eigenvalue weighted by Gasteiger charge is -2.24. The number of halogens is 1. The highest BCUT2D eigenvalue weighted by Crippen LogP contribution is 2.21. The molecule has 1 aromatic rings. The molecule has 0 heterocycles. The van der Waals surface area contributed by atoms with E-state index in [2.05, 4.69) is 40.1 Å². The van der Waals surface area contributed by atoms with E-state index in [0.29, 0.717) is 18.1 Å². The summed E-state index contributed by atoms with van der Waals surface area (Å²) in [4.78, 5) is 13.8. The molecule has 0 bridgehead atoms. The Morgan fingerprint density at radius 2 is 2.19 bits per heavy atom. The largest absolute Gasteiger partial charge is 0.383 e. The van der Waals surface area contributed by atoms with Crippen molar-refractivity contribution in [2.24, 2.45) is 11.8 Å². The van der Waals surface area contributed by atoms with Gasteiger partial charge in [-0.3, -0.25) is 15.1 Å². The number of ether oxygens (including phenoxy) is 1. The Balaban J connectivity index is 2.80. The Hall–Kier alpha value is -0.950. The van der Waals surface area contributed by atoms with Crippen molar-refractivity contribution in [3.05, 3.63) is 33.8 Å². The molecule has 6 heteroatoms. The van der Waals surface area contributed by atoms with Crippen LogP contribution in [0.3, 0.4) is 0 Å². The van der Waals surface area contributed by atoms with E-state index >= 15 is 0 Å². The molecule has 0 aliphatic carbocycles. The molecular formula is C15H24BrN3O2. The Labute approximate surface area is 134 Å². The summed E-state index contributed by atoms with van der Waals surface area (Å²) < 4.78 is 6.08. The average molecular weight is 358 g/mol. The first-order valence-corrected chi connectivity index (χ1v) is 7.77. The first-order valence-electron chi connectivity index (χ1n) is 6.98. The average Bonchev–Trinajstić information content (AvgIpc) is 2.45. The molecule has 0 aliphatic rings. The Kier molecular flexibility index (Phi) is 7.88. The van der Waals surface area contributed by atoms with Crippen LogP contribution < -0.4 is 11.3 Å². The molecule has 21 heavy (non-hydrogen) atoms. The van der Waals surface area contributed by atoms with Crippen LogP contribution in [-0.4, -0.2) is 37.6 Å². The summed E-state index contributed by atoms with van der Waals surface area (Å²) in [6, 6.07) is 5.53. The fourth-order valence-electron chi connectivity index (χ4n) is 2.11. The number of methoxy groups -OCH3 is 1. The smallest absolute Gasteiger partial charge is 0.265 e. The highest BCUT2D eigenvalue weighted by molar-refractivity contribution is 9.10. The summed E-state index contributed by atoms with van der Waals surface area (Å²) in [6.07, 6.45) is 0. The lowest BCUT2D eigenvalue weighted by atomic mass is 10.1. The third-order valence-electron chi connectivity index (χ3n) is 3.08. The summed E-state index contributed by atoms with van der Waals surface area (Å²) in [5.74, 6) is 5.44. The maximum absolute atomic E-state index is 11.5. The maximum Gasteiger partial charge on any atom is 0.265 e. The standard InChI is InChI=1S/C15H24BrN3O2/c1-11(2)9-19(6-7-21-3)10-13-5-4-12(8-14(13)16)15(20)18-17/h4-5,8,11H,6-7,9-10,17H2,1-3H3,(H,18,20). The summed E-state index contributed by atoms with van der Waals surface area (Å²) in [7, 11) is 1.71. The monoisotopic (exact) mass is 357 g/mol. The molecule has 0 aliphatic heterocycles. The van der Waals surface area contributed by atoms with E-state index in [0.717, 1.165) is 29.7 Å². The van der Waals surface area contributed by atoms with Crippen LogP contribution in [-0.2, 0) is 11.3 Å². The van der Waals surface area contributed by atoms with Crippen molar-refractivity contribution in [2.75, 3.05) is 26.8 Å². The van der Waals surface area contributed by atoms with Crippen LogP contribution in [0.25, 0.3) is 0 Å². The fraction of sp³-hybridized carbons (Fsp3) is 0.533. The Bertz CT molecular complexity index is 466. The van der Waals surface area contributed by atoms with Crippen molar-refractivity contribution in [2.45, 2.75) is 20.4 Å². The second kappa shape index (κ2) is 9.15. The minimum absolute atomic E-state index is 0.291. The second-order valence-corrected chi connectivity index (χ2v) is 6.26. The number of carbonyl (C=O) groups excluding carboxylic acids is 1. The molecule has 0 fully saturated rings. The lowest BCUT2D eigenvalue weighted by molar-refractivity contribution is 0.0953. The highest BCUT2D eigenvalue weighted by atomic mass is 79.9. The number of nitrogens with zero attached hydrogens (tertiary/aromatic N) is 1. The summed E-state index contributed by atoms with van der Waals surface area (Å²) >= 11 is 3.53. The topological polar surface area (TPSA) is 67.6 Å². The molecule has 3 N–H and O–H groups in total. The zero-order valence-corrected chi connectivity index (χ0v) is 14.4. The Morgan fingerprint density at radius 1 is 1.48 bits per heavy atom. The number of hydrazine groups is 1. The molecule has 0 radical (unpaired) electrons. The number of amides is 1. The quantitative estimate of drug-likeness (QED) is 0.425. The van der Waals surface area contributed by atoms with Crippen LogP contribution >= 0.6 is 15.9 Å². The number of hydrogen-bond acceptors (Lipinski definition) is 4. The van der Waals surface area contributed by atoms with Crippen molar-refractivity contribution >= 4 is 21.8 Å². The third kappa shape index (κ3) is 6.13. The van der Waals surface area contributed by atoms with Crippen molar-refractivity contribution in [3.63, 3.8) is 0 Å². The number of nitrogens with one attached hydrogen (secondary N) is 1. The summed E-state index contributed by atoms with van der Waals surface area (Å²) in [6.45, 7) is 7.80. The van der Waals surface area contributed by atoms with Gasteiger partial charge in [0.1, 0.15) is 0 Å². The zero-order valence-electron chi connectivity index (χ0n) is 12.9. The van der Waals surface area contributed by atoms with Crippen LogP contribution in [0.4, 0.5) is 0 Å². The maximum atomic E-state index is 11.5. The van der Waals surface area contributed by atoms with E-state index in [-0.39, 0.29) is 5.91 Å². The van der Waals surface area contributed by atoms with Gasteiger partial charge in [0.05, 0.1) is 6.61 Å². The molecule has 0 atom stereocenters. The second-order valence-electron chi connectivity index (χ2n) is 5.40. The fourth-order valence-corrected chi connectivity index (χ4v) is 2.62. The van der Waals surface area contributed by atoms with Crippen molar-refractivity contribution < 1.29 is 9.53 Å². The predicted octanol–water partition coefficient (Wildman–Crippen LogP) is 2.16.